The molecule has 0 aliphatic carbocycles. The average Bonchev–Trinajstić information content (AvgIpc) is 3.07. The van der Waals surface area contributed by atoms with Crippen molar-refractivity contribution in [2.75, 3.05) is 13.2 Å². The molecule has 0 aliphatic heterocycles. The highest BCUT2D eigenvalue weighted by molar-refractivity contribution is 6.04. The van der Waals surface area contributed by atoms with E-state index in [4.69, 9.17) is 4.74 Å². The summed E-state index contributed by atoms with van der Waals surface area (Å²) in [5.74, 6) is -0.323. The van der Waals surface area contributed by atoms with Crippen molar-refractivity contribution in [3.05, 3.63) is 47.5 Å². The van der Waals surface area contributed by atoms with Gasteiger partial charge in [0, 0.05) is 30.7 Å². The molecule has 0 bridgehead atoms. The summed E-state index contributed by atoms with van der Waals surface area (Å²) in [6.07, 6.45) is 1.08. The number of carbonyl (C=O) groups is 1. The third-order valence-electron chi connectivity index (χ3n) is 4.04. The Morgan fingerprint density at radius 1 is 1.31 bits per heavy atom. The van der Waals surface area contributed by atoms with Crippen LogP contribution in [0.4, 0.5) is 13.2 Å². The van der Waals surface area contributed by atoms with Gasteiger partial charge in [-0.3, -0.25) is 14.5 Å². The number of nitrogens with zero attached hydrogens (tertiary/aromatic N) is 4. The second kappa shape index (κ2) is 8.46. The Bertz CT molecular complexity index is 1020. The molecule has 0 atom stereocenters. The number of rotatable bonds is 7. The Kier molecular flexibility index (Phi) is 6.00. The fraction of sp³-hybridized carbons (Fsp3) is 0.368. The maximum absolute atomic E-state index is 12.3. The van der Waals surface area contributed by atoms with Gasteiger partial charge in [0.25, 0.3) is 5.91 Å². The van der Waals surface area contributed by atoms with E-state index >= 15 is 0 Å². The number of alkyl halides is 3. The van der Waals surface area contributed by atoms with Gasteiger partial charge in [0.2, 0.25) is 5.88 Å². The Balaban J connectivity index is 1.78. The molecule has 0 aromatic carbocycles. The Morgan fingerprint density at radius 2 is 2.10 bits per heavy atom. The van der Waals surface area contributed by atoms with E-state index in [1.54, 1.807) is 29.9 Å². The van der Waals surface area contributed by atoms with Crippen molar-refractivity contribution in [3.63, 3.8) is 0 Å². The number of pyridine rings is 2. The molecule has 3 aromatic heterocycles. The Morgan fingerprint density at radius 3 is 2.79 bits per heavy atom. The number of hydrogen-bond donors (Lipinski definition) is 1. The van der Waals surface area contributed by atoms with Crippen LogP contribution in [0.2, 0.25) is 0 Å². The van der Waals surface area contributed by atoms with Crippen LogP contribution in [0.25, 0.3) is 10.9 Å². The normalized spacial score (nSPS) is 11.6. The van der Waals surface area contributed by atoms with Crippen molar-refractivity contribution >= 4 is 16.8 Å². The zero-order valence-corrected chi connectivity index (χ0v) is 16.0. The fourth-order valence-electron chi connectivity index (χ4n) is 2.77. The predicted octanol–water partition coefficient (Wildman–Crippen LogP) is 3.26. The molecular weight excluding hydrogens is 387 g/mol. The summed E-state index contributed by atoms with van der Waals surface area (Å²) < 4.78 is 43.3. The number of fused-ring (bicyclic) bond motifs is 1. The molecule has 0 radical (unpaired) electrons. The SMILES string of the molecule is CCCNC(=O)c1nccc2nn(Cc3cnc(OCC(F)(F)F)c(C)c3)cc12. The number of aryl methyl sites for hydroxylation is 1. The summed E-state index contributed by atoms with van der Waals surface area (Å²) in [4.78, 5) is 20.4. The average molecular weight is 407 g/mol. The fourth-order valence-corrected chi connectivity index (χ4v) is 2.77. The van der Waals surface area contributed by atoms with E-state index in [1.807, 2.05) is 6.92 Å². The minimum atomic E-state index is -4.42. The van der Waals surface area contributed by atoms with Crippen LogP contribution in [0.15, 0.2) is 30.7 Å². The van der Waals surface area contributed by atoms with Gasteiger partial charge < -0.3 is 10.1 Å². The first kappa shape index (κ1) is 20.6. The van der Waals surface area contributed by atoms with E-state index in [0.717, 1.165) is 12.0 Å². The number of amides is 1. The van der Waals surface area contributed by atoms with Crippen molar-refractivity contribution in [2.24, 2.45) is 0 Å². The van der Waals surface area contributed by atoms with Crippen LogP contribution in [0.5, 0.6) is 5.88 Å². The number of aromatic nitrogens is 4. The van der Waals surface area contributed by atoms with Gasteiger partial charge in [0.15, 0.2) is 6.61 Å². The lowest BCUT2D eigenvalue weighted by Gasteiger charge is -2.11. The first-order valence-corrected chi connectivity index (χ1v) is 9.02. The highest BCUT2D eigenvalue weighted by atomic mass is 19.4. The second-order valence-electron chi connectivity index (χ2n) is 6.54. The molecule has 29 heavy (non-hydrogen) atoms. The van der Waals surface area contributed by atoms with Crippen LogP contribution in [-0.2, 0) is 6.54 Å². The van der Waals surface area contributed by atoms with Crippen molar-refractivity contribution in [2.45, 2.75) is 33.0 Å². The van der Waals surface area contributed by atoms with Gasteiger partial charge in [-0.2, -0.15) is 18.3 Å². The van der Waals surface area contributed by atoms with Gasteiger partial charge in [0.1, 0.15) is 5.69 Å². The molecule has 7 nitrogen and oxygen atoms in total. The molecule has 1 amide bonds. The first-order valence-electron chi connectivity index (χ1n) is 9.02. The van der Waals surface area contributed by atoms with E-state index in [1.165, 1.54) is 12.4 Å². The van der Waals surface area contributed by atoms with E-state index in [2.05, 4.69) is 20.4 Å². The maximum Gasteiger partial charge on any atom is 0.422 e. The molecule has 10 heteroatoms. The quantitative estimate of drug-likeness (QED) is 0.650. The van der Waals surface area contributed by atoms with E-state index in [9.17, 15) is 18.0 Å². The van der Waals surface area contributed by atoms with Crippen LogP contribution < -0.4 is 10.1 Å². The molecule has 0 fully saturated rings. The van der Waals surface area contributed by atoms with Crippen molar-refractivity contribution in [3.8, 4) is 5.88 Å². The molecule has 1 N–H and O–H groups in total. The van der Waals surface area contributed by atoms with E-state index in [0.29, 0.717) is 35.2 Å². The van der Waals surface area contributed by atoms with Crippen LogP contribution in [0, 0.1) is 6.92 Å². The lowest BCUT2D eigenvalue weighted by atomic mass is 10.2. The second-order valence-corrected chi connectivity index (χ2v) is 6.54. The summed E-state index contributed by atoms with van der Waals surface area (Å²) in [5, 5.41) is 7.86. The Labute approximate surface area is 164 Å². The molecular formula is C19H20F3N5O2. The Hall–Kier alpha value is -3.17. The van der Waals surface area contributed by atoms with Gasteiger partial charge >= 0.3 is 6.18 Å². The number of hydrogen-bond acceptors (Lipinski definition) is 5. The lowest BCUT2D eigenvalue weighted by molar-refractivity contribution is -0.154. The molecule has 0 saturated carbocycles. The lowest BCUT2D eigenvalue weighted by Crippen LogP contribution is -2.25. The molecule has 154 valence electrons. The highest BCUT2D eigenvalue weighted by Gasteiger charge is 2.29. The number of halogens is 3. The molecule has 0 unspecified atom stereocenters. The van der Waals surface area contributed by atoms with Crippen molar-refractivity contribution < 1.29 is 22.7 Å². The summed E-state index contributed by atoms with van der Waals surface area (Å²) in [7, 11) is 0. The smallest absolute Gasteiger partial charge is 0.422 e. The maximum atomic E-state index is 12.3. The third-order valence-corrected chi connectivity index (χ3v) is 4.04. The van der Waals surface area contributed by atoms with Gasteiger partial charge in [-0.15, -0.1) is 0 Å². The standard InChI is InChI=1S/C19H20F3N5O2/c1-3-5-24-17(28)16-14-10-27(26-15(14)4-6-23-16)9-13-7-12(2)18(25-8-13)29-11-19(20,21)22/h4,6-8,10H,3,5,9,11H2,1-2H3,(H,24,28). The van der Waals surface area contributed by atoms with Gasteiger partial charge in [0.05, 0.1) is 17.4 Å². The number of nitrogens with one attached hydrogen (secondary N) is 1. The van der Waals surface area contributed by atoms with Crippen LogP contribution in [-0.4, -0.2) is 45.0 Å². The number of ether oxygens (including phenoxy) is 1. The predicted molar refractivity (Wildman–Crippen MR) is 99.8 cm³/mol. The summed E-state index contributed by atoms with van der Waals surface area (Å²) in [5.41, 5.74) is 2.15. The van der Waals surface area contributed by atoms with Gasteiger partial charge in [-0.1, -0.05) is 6.92 Å². The zero-order valence-electron chi connectivity index (χ0n) is 16.0. The first-order chi connectivity index (χ1) is 13.8. The molecule has 3 heterocycles. The zero-order chi connectivity index (χ0) is 21.0. The van der Waals surface area contributed by atoms with Crippen molar-refractivity contribution in [1.29, 1.82) is 0 Å². The van der Waals surface area contributed by atoms with Crippen molar-refractivity contribution in [1.82, 2.24) is 25.1 Å². The molecule has 3 aromatic rings. The van der Waals surface area contributed by atoms with Gasteiger partial charge in [-0.05, 0) is 31.0 Å². The topological polar surface area (TPSA) is 81.9 Å². The van der Waals surface area contributed by atoms with E-state index in [-0.39, 0.29) is 11.8 Å². The third kappa shape index (κ3) is 5.21. The van der Waals surface area contributed by atoms with Crippen LogP contribution in [0.3, 0.4) is 0 Å². The minimum absolute atomic E-state index is 0.0595. The highest BCUT2D eigenvalue weighted by Crippen LogP contribution is 2.21. The monoisotopic (exact) mass is 407 g/mol. The number of carbonyl (C=O) groups excluding carboxylic acids is 1. The van der Waals surface area contributed by atoms with E-state index < -0.39 is 12.8 Å². The van der Waals surface area contributed by atoms with Gasteiger partial charge in [-0.25, -0.2) is 4.98 Å². The molecule has 0 saturated heterocycles. The largest absolute Gasteiger partial charge is 0.468 e. The van der Waals surface area contributed by atoms with Crippen LogP contribution >= 0.6 is 0 Å². The minimum Gasteiger partial charge on any atom is -0.468 e. The van der Waals surface area contributed by atoms with Crippen LogP contribution in [0.1, 0.15) is 35.0 Å². The molecule has 3 rings (SSSR count). The molecule has 0 aliphatic rings. The summed E-state index contributed by atoms with van der Waals surface area (Å²) in [6.45, 7) is 3.08. The summed E-state index contributed by atoms with van der Waals surface area (Å²) >= 11 is 0. The summed E-state index contributed by atoms with van der Waals surface area (Å²) in [6, 6.07) is 3.40. The molecule has 0 spiro atoms.